The first-order valence-corrected chi connectivity index (χ1v) is 7.44. The number of hydrogen-bond donors (Lipinski definition) is 1. The molecule has 0 heterocycles. The summed E-state index contributed by atoms with van der Waals surface area (Å²) in [4.78, 5) is 17.2. The van der Waals surface area contributed by atoms with Crippen LogP contribution in [0, 0.1) is 0 Å². The van der Waals surface area contributed by atoms with Crippen molar-refractivity contribution >= 4 is 17.8 Å². The number of benzene rings is 2. The second kappa shape index (κ2) is 9.91. The fourth-order valence-corrected chi connectivity index (χ4v) is 1.80. The van der Waals surface area contributed by atoms with Crippen LogP contribution in [0.3, 0.4) is 0 Å². The number of nitrogens with zero attached hydrogens (tertiary/aromatic N) is 2. The van der Waals surface area contributed by atoms with Crippen LogP contribution < -0.4 is 5.43 Å². The van der Waals surface area contributed by atoms with Crippen molar-refractivity contribution in [2.24, 2.45) is 10.3 Å². The molecule has 0 aromatic heterocycles. The van der Waals surface area contributed by atoms with E-state index in [1.807, 2.05) is 36.4 Å². The molecular formula is C18H19N3O3. The van der Waals surface area contributed by atoms with E-state index >= 15 is 0 Å². The third-order valence-corrected chi connectivity index (χ3v) is 3.01. The highest BCUT2D eigenvalue weighted by molar-refractivity contribution is 6.38. The molecule has 0 spiro atoms. The van der Waals surface area contributed by atoms with Gasteiger partial charge in [0.25, 0.3) is 5.91 Å². The summed E-state index contributed by atoms with van der Waals surface area (Å²) in [6.07, 6.45) is 1.45. The van der Waals surface area contributed by atoms with Crippen LogP contribution in [0.15, 0.2) is 70.9 Å². The number of rotatable bonds is 8. The molecule has 0 aliphatic carbocycles. The number of hydrogen-bond acceptors (Lipinski definition) is 5. The lowest BCUT2D eigenvalue weighted by Gasteiger charge is -2.04. The number of oxime groups is 1. The number of methoxy groups -OCH3 is 1. The minimum atomic E-state index is -0.294. The van der Waals surface area contributed by atoms with Gasteiger partial charge in [-0.05, 0) is 12.1 Å². The molecule has 6 nitrogen and oxygen atoms in total. The molecule has 0 aliphatic heterocycles. The van der Waals surface area contributed by atoms with Crippen molar-refractivity contribution in [1.82, 2.24) is 5.43 Å². The van der Waals surface area contributed by atoms with Crippen LogP contribution in [-0.2, 0) is 9.57 Å². The molecule has 0 bridgehead atoms. The van der Waals surface area contributed by atoms with E-state index < -0.39 is 0 Å². The minimum Gasteiger partial charge on any atom is -0.393 e. The van der Waals surface area contributed by atoms with Crippen LogP contribution in [0.25, 0.3) is 0 Å². The summed E-state index contributed by atoms with van der Waals surface area (Å²) in [5.74, 6) is -0.294. The predicted molar refractivity (Wildman–Crippen MR) is 93.2 cm³/mol. The molecule has 1 amide bonds. The first kappa shape index (κ1) is 17.4. The summed E-state index contributed by atoms with van der Waals surface area (Å²) >= 11 is 0. The maximum absolute atomic E-state index is 12.1. The van der Waals surface area contributed by atoms with E-state index in [0.29, 0.717) is 24.5 Å². The number of ether oxygens (including phenoxy) is 1. The molecule has 24 heavy (non-hydrogen) atoms. The summed E-state index contributed by atoms with van der Waals surface area (Å²) < 4.78 is 4.88. The SMILES string of the molecule is COCCO/N=C/C(=N\NC(=O)c1ccccc1)c1ccccc1. The van der Waals surface area contributed by atoms with Crippen molar-refractivity contribution in [2.45, 2.75) is 0 Å². The van der Waals surface area contributed by atoms with Gasteiger partial charge >= 0.3 is 0 Å². The van der Waals surface area contributed by atoms with Crippen LogP contribution >= 0.6 is 0 Å². The van der Waals surface area contributed by atoms with Crippen LogP contribution in [0.1, 0.15) is 15.9 Å². The molecule has 124 valence electrons. The van der Waals surface area contributed by atoms with Gasteiger partial charge < -0.3 is 9.57 Å². The van der Waals surface area contributed by atoms with Crippen molar-refractivity contribution in [1.29, 1.82) is 0 Å². The Kier molecular flexibility index (Phi) is 7.17. The van der Waals surface area contributed by atoms with Gasteiger partial charge in [0.2, 0.25) is 0 Å². The Morgan fingerprint density at radius 3 is 2.25 bits per heavy atom. The second-order valence-electron chi connectivity index (χ2n) is 4.73. The summed E-state index contributed by atoms with van der Waals surface area (Å²) in [5, 5.41) is 7.99. The van der Waals surface area contributed by atoms with Gasteiger partial charge in [-0.25, -0.2) is 5.43 Å². The van der Waals surface area contributed by atoms with E-state index in [1.54, 1.807) is 31.4 Å². The average Bonchev–Trinajstić information content (AvgIpc) is 2.65. The molecule has 0 unspecified atom stereocenters. The van der Waals surface area contributed by atoms with Gasteiger partial charge in [-0.1, -0.05) is 53.7 Å². The van der Waals surface area contributed by atoms with Crippen LogP contribution in [-0.4, -0.2) is 38.2 Å². The molecule has 0 aliphatic rings. The topological polar surface area (TPSA) is 72.3 Å². The van der Waals surface area contributed by atoms with Gasteiger partial charge in [-0.3, -0.25) is 4.79 Å². The Balaban J connectivity index is 2.08. The van der Waals surface area contributed by atoms with Gasteiger partial charge in [-0.2, -0.15) is 5.10 Å². The maximum atomic E-state index is 12.1. The summed E-state index contributed by atoms with van der Waals surface area (Å²) in [6.45, 7) is 0.783. The van der Waals surface area contributed by atoms with E-state index in [2.05, 4.69) is 15.7 Å². The molecule has 0 radical (unpaired) electrons. The second-order valence-corrected chi connectivity index (χ2v) is 4.73. The highest BCUT2D eigenvalue weighted by Gasteiger charge is 2.05. The first-order valence-electron chi connectivity index (χ1n) is 7.44. The monoisotopic (exact) mass is 325 g/mol. The minimum absolute atomic E-state index is 0.294. The zero-order chi connectivity index (χ0) is 17.0. The Hall–Kier alpha value is -2.99. The summed E-state index contributed by atoms with van der Waals surface area (Å²) in [6, 6.07) is 18.3. The maximum Gasteiger partial charge on any atom is 0.271 e. The summed E-state index contributed by atoms with van der Waals surface area (Å²) in [7, 11) is 1.59. The van der Waals surface area contributed by atoms with Crippen LogP contribution in [0.5, 0.6) is 0 Å². The summed E-state index contributed by atoms with van der Waals surface area (Å²) in [5.41, 5.74) is 4.35. The molecule has 2 rings (SSSR count). The van der Waals surface area contributed by atoms with Crippen molar-refractivity contribution in [3.63, 3.8) is 0 Å². The highest BCUT2D eigenvalue weighted by Crippen LogP contribution is 2.01. The van der Waals surface area contributed by atoms with Gasteiger partial charge in [0, 0.05) is 18.2 Å². The Morgan fingerprint density at radius 1 is 1.00 bits per heavy atom. The largest absolute Gasteiger partial charge is 0.393 e. The van der Waals surface area contributed by atoms with Crippen molar-refractivity contribution in [3.8, 4) is 0 Å². The molecule has 0 fully saturated rings. The quantitative estimate of drug-likeness (QED) is 0.460. The van der Waals surface area contributed by atoms with E-state index in [-0.39, 0.29) is 5.91 Å². The number of carbonyl (C=O) groups is 1. The fourth-order valence-electron chi connectivity index (χ4n) is 1.80. The van der Waals surface area contributed by atoms with Gasteiger partial charge in [-0.15, -0.1) is 0 Å². The molecular weight excluding hydrogens is 306 g/mol. The Labute approximate surface area is 140 Å². The zero-order valence-corrected chi connectivity index (χ0v) is 13.4. The molecule has 0 saturated heterocycles. The van der Waals surface area contributed by atoms with E-state index in [9.17, 15) is 4.79 Å². The van der Waals surface area contributed by atoms with Gasteiger partial charge in [0.15, 0.2) is 0 Å². The smallest absolute Gasteiger partial charge is 0.271 e. The van der Waals surface area contributed by atoms with Gasteiger partial charge in [0.05, 0.1) is 12.8 Å². The number of nitrogens with one attached hydrogen (secondary N) is 1. The number of amides is 1. The normalized spacial score (nSPS) is 11.5. The highest BCUT2D eigenvalue weighted by atomic mass is 16.6. The molecule has 2 aromatic carbocycles. The third-order valence-electron chi connectivity index (χ3n) is 3.01. The third kappa shape index (κ3) is 5.66. The van der Waals surface area contributed by atoms with Crippen molar-refractivity contribution in [2.75, 3.05) is 20.3 Å². The standard InChI is InChI=1S/C18H19N3O3/c1-23-12-13-24-19-14-17(15-8-4-2-5-9-15)20-21-18(22)16-10-6-3-7-11-16/h2-11,14H,12-13H2,1H3,(H,21,22)/b19-14+,20-17+. The molecule has 0 saturated carbocycles. The molecule has 6 heteroatoms. The predicted octanol–water partition coefficient (Wildman–Crippen LogP) is 2.47. The lowest BCUT2D eigenvalue weighted by Crippen LogP contribution is -2.20. The number of carbonyl (C=O) groups excluding carboxylic acids is 1. The Bertz CT molecular complexity index is 685. The zero-order valence-electron chi connectivity index (χ0n) is 13.4. The Morgan fingerprint density at radius 2 is 1.62 bits per heavy atom. The first-order chi connectivity index (χ1) is 11.8. The van der Waals surface area contributed by atoms with E-state index in [1.165, 1.54) is 6.21 Å². The van der Waals surface area contributed by atoms with Crippen LogP contribution in [0.4, 0.5) is 0 Å². The molecule has 0 atom stereocenters. The van der Waals surface area contributed by atoms with Crippen molar-refractivity contribution in [3.05, 3.63) is 71.8 Å². The van der Waals surface area contributed by atoms with E-state index in [0.717, 1.165) is 5.56 Å². The molecule has 2 aromatic rings. The molecule has 1 N–H and O–H groups in total. The average molecular weight is 325 g/mol. The number of hydrazone groups is 1. The van der Waals surface area contributed by atoms with Gasteiger partial charge in [0.1, 0.15) is 12.3 Å². The lowest BCUT2D eigenvalue weighted by molar-refractivity contribution is 0.0761. The van der Waals surface area contributed by atoms with E-state index in [4.69, 9.17) is 9.57 Å². The fraction of sp³-hybridized carbons (Fsp3) is 0.167. The van der Waals surface area contributed by atoms with Crippen LogP contribution in [0.2, 0.25) is 0 Å². The lowest BCUT2D eigenvalue weighted by atomic mass is 10.1. The van der Waals surface area contributed by atoms with Crippen molar-refractivity contribution < 1.29 is 14.4 Å².